The fourth-order valence-electron chi connectivity index (χ4n) is 2.70. The molecule has 0 fully saturated rings. The van der Waals surface area contributed by atoms with Crippen LogP contribution in [0.1, 0.15) is 36.2 Å². The Balaban J connectivity index is 1.72. The molecule has 0 unspecified atom stereocenters. The molecule has 6 nitrogen and oxygen atoms in total. The fraction of sp³-hybridized carbons (Fsp3) is 0.286. The van der Waals surface area contributed by atoms with Crippen LogP contribution in [0.25, 0.3) is 10.9 Å². The fourth-order valence-corrected chi connectivity index (χ4v) is 2.70. The first kappa shape index (κ1) is 18.6. The summed E-state index contributed by atoms with van der Waals surface area (Å²) in [5.74, 6) is 0.708. The normalized spacial score (nSPS) is 11.6. The van der Waals surface area contributed by atoms with Crippen molar-refractivity contribution in [2.45, 2.75) is 27.2 Å². The molecule has 6 heteroatoms. The van der Waals surface area contributed by atoms with Gasteiger partial charge in [-0.15, -0.1) is 10.2 Å². The van der Waals surface area contributed by atoms with Crippen molar-refractivity contribution >= 4 is 22.5 Å². The van der Waals surface area contributed by atoms with Crippen LogP contribution in [-0.2, 0) is 0 Å². The first-order valence-electron chi connectivity index (χ1n) is 8.95. The van der Waals surface area contributed by atoms with Crippen LogP contribution < -0.4 is 4.74 Å². The van der Waals surface area contributed by atoms with Gasteiger partial charge < -0.3 is 14.8 Å². The molecule has 140 valence electrons. The van der Waals surface area contributed by atoms with Crippen molar-refractivity contribution in [3.8, 4) is 11.6 Å². The number of hydrogen-bond donors (Lipinski definition) is 2. The number of ether oxygens (including phenoxy) is 1. The number of aromatic hydroxyl groups is 1. The van der Waals surface area contributed by atoms with Crippen LogP contribution in [0.2, 0.25) is 0 Å². The van der Waals surface area contributed by atoms with Gasteiger partial charge in [-0.25, -0.2) is 0 Å². The highest BCUT2D eigenvalue weighted by Gasteiger charge is 2.12. The molecule has 0 radical (unpaired) electrons. The van der Waals surface area contributed by atoms with Gasteiger partial charge in [0.25, 0.3) is 5.91 Å². The number of rotatable bonds is 6. The van der Waals surface area contributed by atoms with E-state index in [9.17, 15) is 9.90 Å². The highest BCUT2D eigenvalue weighted by atomic mass is 16.5. The number of aryl methyl sites for hydroxylation is 1. The van der Waals surface area contributed by atoms with Gasteiger partial charge in [0.2, 0.25) is 5.88 Å². The molecular formula is C21H23N3O3. The lowest BCUT2D eigenvalue weighted by Gasteiger charge is -2.07. The minimum Gasteiger partial charge on any atom is -0.494 e. The number of azo groups is 1. The standard InChI is InChI=1S/C21H23N3O3/c1-13(2)11-12-27-16-9-7-15(8-10-16)20(25)24-23-19-17-6-4-5-14(3)18(17)22-21(19)26/h4-10,13,22,26H,11-12H2,1-3H3. The van der Waals surface area contributed by atoms with Crippen LogP contribution in [0, 0.1) is 12.8 Å². The zero-order chi connectivity index (χ0) is 19.4. The number of hydrogen-bond acceptors (Lipinski definition) is 4. The Hall–Kier alpha value is -3.15. The van der Waals surface area contributed by atoms with E-state index >= 15 is 0 Å². The lowest BCUT2D eigenvalue weighted by Crippen LogP contribution is -2.01. The maximum absolute atomic E-state index is 12.3. The lowest BCUT2D eigenvalue weighted by atomic mass is 10.1. The molecule has 2 N–H and O–H groups in total. The minimum atomic E-state index is -0.481. The van der Waals surface area contributed by atoms with E-state index in [1.54, 1.807) is 24.3 Å². The van der Waals surface area contributed by atoms with Crippen molar-refractivity contribution in [3.05, 3.63) is 53.6 Å². The molecule has 0 spiro atoms. The van der Waals surface area contributed by atoms with Gasteiger partial charge in [-0.1, -0.05) is 32.0 Å². The van der Waals surface area contributed by atoms with Crippen LogP contribution in [0.3, 0.4) is 0 Å². The van der Waals surface area contributed by atoms with E-state index in [2.05, 4.69) is 29.1 Å². The summed E-state index contributed by atoms with van der Waals surface area (Å²) in [4.78, 5) is 15.1. The van der Waals surface area contributed by atoms with Crippen molar-refractivity contribution in [1.82, 2.24) is 4.98 Å². The molecule has 0 saturated heterocycles. The highest BCUT2D eigenvalue weighted by molar-refractivity contribution is 5.97. The molecule has 1 heterocycles. The zero-order valence-electron chi connectivity index (χ0n) is 15.7. The summed E-state index contributed by atoms with van der Waals surface area (Å²) in [6, 6.07) is 12.4. The number of aromatic amines is 1. The number of carbonyl (C=O) groups excluding carboxylic acids is 1. The molecule has 0 bridgehead atoms. The summed E-state index contributed by atoms with van der Waals surface area (Å²) in [6.07, 6.45) is 0.975. The Morgan fingerprint density at radius 1 is 1.19 bits per heavy atom. The lowest BCUT2D eigenvalue weighted by molar-refractivity contribution is 0.0995. The number of fused-ring (bicyclic) bond motifs is 1. The van der Waals surface area contributed by atoms with Gasteiger partial charge >= 0.3 is 0 Å². The maximum atomic E-state index is 12.3. The van der Waals surface area contributed by atoms with Crippen molar-refractivity contribution in [2.24, 2.45) is 16.1 Å². The molecule has 0 aliphatic rings. The summed E-state index contributed by atoms with van der Waals surface area (Å²) >= 11 is 0. The van der Waals surface area contributed by atoms with E-state index in [-0.39, 0.29) is 11.6 Å². The quantitative estimate of drug-likeness (QED) is 0.563. The van der Waals surface area contributed by atoms with E-state index < -0.39 is 5.91 Å². The molecule has 0 atom stereocenters. The average molecular weight is 365 g/mol. The third-order valence-corrected chi connectivity index (χ3v) is 4.30. The Morgan fingerprint density at radius 2 is 1.93 bits per heavy atom. The van der Waals surface area contributed by atoms with E-state index in [0.717, 1.165) is 22.9 Å². The smallest absolute Gasteiger partial charge is 0.295 e. The van der Waals surface area contributed by atoms with Gasteiger partial charge in [-0.05, 0) is 49.1 Å². The van der Waals surface area contributed by atoms with Gasteiger partial charge in [0.1, 0.15) is 5.75 Å². The van der Waals surface area contributed by atoms with Crippen molar-refractivity contribution < 1.29 is 14.6 Å². The van der Waals surface area contributed by atoms with Gasteiger partial charge in [-0.2, -0.15) is 0 Å². The molecule has 0 saturated carbocycles. The third kappa shape index (κ3) is 4.34. The molecule has 1 amide bonds. The van der Waals surface area contributed by atoms with Crippen LogP contribution in [0.5, 0.6) is 11.6 Å². The number of benzene rings is 2. The number of amides is 1. The van der Waals surface area contributed by atoms with E-state index in [1.165, 1.54) is 0 Å². The topological polar surface area (TPSA) is 87.0 Å². The molecule has 1 aromatic heterocycles. The molecule has 0 aliphatic carbocycles. The number of aromatic nitrogens is 1. The van der Waals surface area contributed by atoms with Crippen LogP contribution >= 0.6 is 0 Å². The predicted molar refractivity (Wildman–Crippen MR) is 105 cm³/mol. The third-order valence-electron chi connectivity index (χ3n) is 4.30. The molecule has 0 aliphatic heterocycles. The maximum Gasteiger partial charge on any atom is 0.295 e. The van der Waals surface area contributed by atoms with Gasteiger partial charge in [0, 0.05) is 10.9 Å². The van der Waals surface area contributed by atoms with Crippen LogP contribution in [0.15, 0.2) is 52.7 Å². The minimum absolute atomic E-state index is 0.107. The van der Waals surface area contributed by atoms with Gasteiger partial charge in [-0.3, -0.25) is 4.79 Å². The highest BCUT2D eigenvalue weighted by Crippen LogP contribution is 2.36. The average Bonchev–Trinajstić information content (AvgIpc) is 2.97. The summed E-state index contributed by atoms with van der Waals surface area (Å²) in [5.41, 5.74) is 2.42. The Morgan fingerprint density at radius 3 is 2.63 bits per heavy atom. The Kier molecular flexibility index (Phi) is 5.54. The number of carbonyl (C=O) groups is 1. The first-order chi connectivity index (χ1) is 13.0. The Labute approximate surface area is 157 Å². The molecule has 3 aromatic rings. The summed E-state index contributed by atoms with van der Waals surface area (Å²) in [7, 11) is 0. The first-order valence-corrected chi connectivity index (χ1v) is 8.95. The number of nitrogens with zero attached hydrogens (tertiary/aromatic N) is 2. The van der Waals surface area contributed by atoms with Crippen molar-refractivity contribution in [1.29, 1.82) is 0 Å². The molecule has 3 rings (SSSR count). The Bertz CT molecular complexity index is 972. The van der Waals surface area contributed by atoms with E-state index in [1.807, 2.05) is 25.1 Å². The SMILES string of the molecule is Cc1cccc2c(N=NC(=O)c3ccc(OCCC(C)C)cc3)c(O)[nH]c12. The van der Waals surface area contributed by atoms with Crippen LogP contribution in [-0.4, -0.2) is 22.6 Å². The second kappa shape index (κ2) is 8.03. The molecule has 27 heavy (non-hydrogen) atoms. The predicted octanol–water partition coefficient (Wildman–Crippen LogP) is 5.53. The zero-order valence-corrected chi connectivity index (χ0v) is 15.7. The molecule has 2 aromatic carbocycles. The molecular weight excluding hydrogens is 342 g/mol. The summed E-state index contributed by atoms with van der Waals surface area (Å²) in [6.45, 7) is 6.85. The summed E-state index contributed by atoms with van der Waals surface area (Å²) < 4.78 is 5.64. The number of H-pyrrole nitrogens is 1. The largest absolute Gasteiger partial charge is 0.494 e. The van der Waals surface area contributed by atoms with Gasteiger partial charge in [0.05, 0.1) is 12.1 Å². The second-order valence-electron chi connectivity index (χ2n) is 6.88. The number of nitrogens with one attached hydrogen (secondary N) is 1. The monoisotopic (exact) mass is 365 g/mol. The van der Waals surface area contributed by atoms with Crippen molar-refractivity contribution in [3.63, 3.8) is 0 Å². The summed E-state index contributed by atoms with van der Waals surface area (Å²) in [5, 5.41) is 18.5. The second-order valence-corrected chi connectivity index (χ2v) is 6.88. The number of para-hydroxylation sites is 1. The van der Waals surface area contributed by atoms with E-state index in [4.69, 9.17) is 4.74 Å². The van der Waals surface area contributed by atoms with Crippen LogP contribution in [0.4, 0.5) is 5.69 Å². The van der Waals surface area contributed by atoms with Gasteiger partial charge in [0.15, 0.2) is 5.69 Å². The van der Waals surface area contributed by atoms with E-state index in [0.29, 0.717) is 23.8 Å². The van der Waals surface area contributed by atoms with Crippen molar-refractivity contribution in [2.75, 3.05) is 6.61 Å².